The van der Waals surface area contributed by atoms with Gasteiger partial charge in [0.15, 0.2) is 0 Å². The summed E-state index contributed by atoms with van der Waals surface area (Å²) in [5, 5.41) is 6.15. The molecular weight excluding hydrogens is 228 g/mol. The molecule has 1 saturated heterocycles. The van der Waals surface area contributed by atoms with E-state index >= 15 is 0 Å². The second kappa shape index (κ2) is 5.87. The van der Waals surface area contributed by atoms with Gasteiger partial charge >= 0.3 is 0 Å². The van der Waals surface area contributed by atoms with Gasteiger partial charge in [0.2, 0.25) is 5.91 Å². The maximum absolute atomic E-state index is 11.8. The van der Waals surface area contributed by atoms with E-state index < -0.39 is 0 Å². The fraction of sp³-hybridized carbons (Fsp3) is 0.500. The van der Waals surface area contributed by atoms with Crippen LogP contribution in [0.4, 0.5) is 0 Å². The molecule has 4 heteroatoms. The molecule has 1 aromatic carbocycles. The average molecular weight is 248 g/mol. The molecule has 0 aromatic heterocycles. The van der Waals surface area contributed by atoms with Crippen LogP contribution < -0.4 is 15.4 Å². The van der Waals surface area contributed by atoms with E-state index in [0.717, 1.165) is 36.5 Å². The summed E-state index contributed by atoms with van der Waals surface area (Å²) in [5.41, 5.74) is 2.07. The smallest absolute Gasteiger partial charge is 0.224 e. The van der Waals surface area contributed by atoms with E-state index in [4.69, 9.17) is 4.74 Å². The molecule has 0 aliphatic carbocycles. The Kier molecular flexibility index (Phi) is 4.20. The third-order valence-corrected chi connectivity index (χ3v) is 3.29. The number of ether oxygens (including phenoxy) is 1. The van der Waals surface area contributed by atoms with Crippen LogP contribution in [0.3, 0.4) is 0 Å². The number of benzene rings is 1. The molecule has 2 rings (SSSR count). The first kappa shape index (κ1) is 12.9. The molecule has 1 fully saturated rings. The lowest BCUT2D eigenvalue weighted by Gasteiger charge is -2.27. The van der Waals surface area contributed by atoms with Crippen molar-refractivity contribution in [2.24, 2.45) is 5.92 Å². The van der Waals surface area contributed by atoms with Gasteiger partial charge < -0.3 is 15.4 Å². The zero-order valence-electron chi connectivity index (χ0n) is 11.0. The van der Waals surface area contributed by atoms with Gasteiger partial charge in [-0.05, 0) is 24.1 Å². The number of aryl methyl sites for hydroxylation is 1. The number of hydrogen-bond acceptors (Lipinski definition) is 3. The Bertz CT molecular complexity index is 428. The van der Waals surface area contributed by atoms with Crippen molar-refractivity contribution in [3.63, 3.8) is 0 Å². The molecule has 0 unspecified atom stereocenters. The van der Waals surface area contributed by atoms with E-state index in [-0.39, 0.29) is 5.91 Å². The highest BCUT2D eigenvalue weighted by Gasteiger charge is 2.17. The SMILES string of the molecule is COc1cc(CC(=O)NCC2CNC2)ccc1C. The fourth-order valence-corrected chi connectivity index (χ4v) is 1.97. The second-order valence-electron chi connectivity index (χ2n) is 4.81. The largest absolute Gasteiger partial charge is 0.496 e. The molecule has 0 saturated carbocycles. The van der Waals surface area contributed by atoms with Crippen LogP contribution in [0.2, 0.25) is 0 Å². The summed E-state index contributed by atoms with van der Waals surface area (Å²) in [7, 11) is 1.65. The molecule has 0 spiro atoms. The lowest BCUT2D eigenvalue weighted by atomic mass is 10.0. The molecule has 2 N–H and O–H groups in total. The van der Waals surface area contributed by atoms with Gasteiger partial charge in [-0.15, -0.1) is 0 Å². The molecule has 98 valence electrons. The Labute approximate surface area is 108 Å². The molecular formula is C14H20N2O2. The van der Waals surface area contributed by atoms with Gasteiger partial charge in [0, 0.05) is 25.6 Å². The first-order chi connectivity index (χ1) is 8.69. The molecule has 1 amide bonds. The summed E-state index contributed by atoms with van der Waals surface area (Å²) >= 11 is 0. The first-order valence-electron chi connectivity index (χ1n) is 6.30. The summed E-state index contributed by atoms with van der Waals surface area (Å²) in [6.07, 6.45) is 0.413. The number of amides is 1. The Morgan fingerprint density at radius 3 is 2.89 bits per heavy atom. The Balaban J connectivity index is 1.85. The summed E-state index contributed by atoms with van der Waals surface area (Å²) in [5.74, 6) is 1.51. The number of rotatable bonds is 5. The van der Waals surface area contributed by atoms with Crippen LogP contribution in [0.15, 0.2) is 18.2 Å². The van der Waals surface area contributed by atoms with Crippen molar-refractivity contribution < 1.29 is 9.53 Å². The number of methoxy groups -OCH3 is 1. The second-order valence-corrected chi connectivity index (χ2v) is 4.81. The standard InChI is InChI=1S/C14H20N2O2/c1-10-3-4-11(5-13(10)18-2)6-14(17)16-9-12-7-15-8-12/h3-5,12,15H,6-9H2,1-2H3,(H,16,17). The average Bonchev–Trinajstić information content (AvgIpc) is 2.29. The third kappa shape index (κ3) is 3.23. The summed E-state index contributed by atoms with van der Waals surface area (Å²) in [4.78, 5) is 11.8. The van der Waals surface area contributed by atoms with Crippen LogP contribution in [0, 0.1) is 12.8 Å². The van der Waals surface area contributed by atoms with Gasteiger partial charge in [-0.2, -0.15) is 0 Å². The van der Waals surface area contributed by atoms with Crippen molar-refractivity contribution in [2.45, 2.75) is 13.3 Å². The molecule has 0 bridgehead atoms. The van der Waals surface area contributed by atoms with E-state index in [9.17, 15) is 4.79 Å². The minimum absolute atomic E-state index is 0.0767. The third-order valence-electron chi connectivity index (χ3n) is 3.29. The number of carbonyl (C=O) groups is 1. The monoisotopic (exact) mass is 248 g/mol. The molecule has 1 aliphatic heterocycles. The zero-order valence-corrected chi connectivity index (χ0v) is 11.0. The van der Waals surface area contributed by atoms with Crippen LogP contribution >= 0.6 is 0 Å². The summed E-state index contributed by atoms with van der Waals surface area (Å²) < 4.78 is 5.25. The quantitative estimate of drug-likeness (QED) is 0.813. The predicted octanol–water partition coefficient (Wildman–Crippen LogP) is 0.882. The Morgan fingerprint density at radius 1 is 1.50 bits per heavy atom. The molecule has 0 atom stereocenters. The van der Waals surface area contributed by atoms with Gasteiger partial charge in [-0.25, -0.2) is 0 Å². The van der Waals surface area contributed by atoms with Crippen molar-refractivity contribution in [1.29, 1.82) is 0 Å². The van der Waals surface area contributed by atoms with Gasteiger partial charge in [-0.1, -0.05) is 12.1 Å². The highest BCUT2D eigenvalue weighted by atomic mass is 16.5. The van der Waals surface area contributed by atoms with Gasteiger partial charge in [0.1, 0.15) is 5.75 Å². The van der Waals surface area contributed by atoms with Gasteiger partial charge in [0.05, 0.1) is 13.5 Å². The normalized spacial score (nSPS) is 15.0. The summed E-state index contributed by atoms with van der Waals surface area (Å²) in [6, 6.07) is 5.89. The van der Waals surface area contributed by atoms with Crippen LogP contribution in [0.5, 0.6) is 5.75 Å². The number of nitrogens with one attached hydrogen (secondary N) is 2. The zero-order chi connectivity index (χ0) is 13.0. The van der Waals surface area contributed by atoms with Crippen LogP contribution in [0.25, 0.3) is 0 Å². The fourth-order valence-electron chi connectivity index (χ4n) is 1.97. The van der Waals surface area contributed by atoms with Crippen LogP contribution in [0.1, 0.15) is 11.1 Å². The van der Waals surface area contributed by atoms with E-state index in [0.29, 0.717) is 12.3 Å². The highest BCUT2D eigenvalue weighted by Crippen LogP contribution is 2.19. The molecule has 18 heavy (non-hydrogen) atoms. The van der Waals surface area contributed by atoms with E-state index in [1.807, 2.05) is 25.1 Å². The van der Waals surface area contributed by atoms with Gasteiger partial charge in [-0.3, -0.25) is 4.79 Å². The molecule has 1 aliphatic rings. The minimum atomic E-state index is 0.0767. The van der Waals surface area contributed by atoms with Crippen LogP contribution in [-0.2, 0) is 11.2 Å². The summed E-state index contributed by atoms with van der Waals surface area (Å²) in [6.45, 7) is 4.79. The van der Waals surface area contributed by atoms with E-state index in [2.05, 4.69) is 10.6 Å². The van der Waals surface area contributed by atoms with Gasteiger partial charge in [0.25, 0.3) is 0 Å². The van der Waals surface area contributed by atoms with E-state index in [1.54, 1.807) is 7.11 Å². The Morgan fingerprint density at radius 2 is 2.28 bits per heavy atom. The topological polar surface area (TPSA) is 50.4 Å². The highest BCUT2D eigenvalue weighted by molar-refractivity contribution is 5.78. The maximum atomic E-state index is 11.8. The first-order valence-corrected chi connectivity index (χ1v) is 6.30. The lowest BCUT2D eigenvalue weighted by molar-refractivity contribution is -0.120. The predicted molar refractivity (Wildman–Crippen MR) is 70.8 cm³/mol. The van der Waals surface area contributed by atoms with Crippen molar-refractivity contribution in [3.8, 4) is 5.75 Å². The Hall–Kier alpha value is -1.55. The maximum Gasteiger partial charge on any atom is 0.224 e. The lowest BCUT2D eigenvalue weighted by Crippen LogP contribution is -2.48. The molecule has 1 heterocycles. The molecule has 4 nitrogen and oxygen atoms in total. The van der Waals surface area contributed by atoms with Crippen LogP contribution in [-0.4, -0.2) is 32.7 Å². The van der Waals surface area contributed by atoms with Crippen molar-refractivity contribution in [1.82, 2.24) is 10.6 Å². The molecule has 1 aromatic rings. The van der Waals surface area contributed by atoms with E-state index in [1.165, 1.54) is 0 Å². The molecule has 0 radical (unpaired) electrons. The van der Waals surface area contributed by atoms with Crippen molar-refractivity contribution >= 4 is 5.91 Å². The van der Waals surface area contributed by atoms with Crippen molar-refractivity contribution in [3.05, 3.63) is 29.3 Å². The minimum Gasteiger partial charge on any atom is -0.496 e. The number of carbonyl (C=O) groups excluding carboxylic acids is 1. The number of hydrogen-bond donors (Lipinski definition) is 2. The van der Waals surface area contributed by atoms with Crippen molar-refractivity contribution in [2.75, 3.05) is 26.7 Å².